The van der Waals surface area contributed by atoms with Crippen LogP contribution in [0.15, 0.2) is 52.9 Å². The Hall–Kier alpha value is -3.02. The van der Waals surface area contributed by atoms with Gasteiger partial charge < -0.3 is 19.2 Å². The SMILES string of the molecule is CCCCCCCCCN(CCCOc1ccc(C(=O)O)cc1)c1nc2ccccc2o1. The number of hydrogen-bond acceptors (Lipinski definition) is 5. The Bertz CT molecular complexity index is 919. The smallest absolute Gasteiger partial charge is 0.335 e. The van der Waals surface area contributed by atoms with E-state index in [4.69, 9.17) is 14.3 Å². The first-order chi connectivity index (χ1) is 15.7. The van der Waals surface area contributed by atoms with Crippen molar-refractivity contribution in [2.75, 3.05) is 24.6 Å². The maximum atomic E-state index is 11.0. The van der Waals surface area contributed by atoms with Gasteiger partial charge in [-0.25, -0.2) is 4.79 Å². The highest BCUT2D eigenvalue weighted by atomic mass is 16.5. The number of aromatic carboxylic acids is 1. The first-order valence-electron chi connectivity index (χ1n) is 11.7. The molecule has 0 atom stereocenters. The number of aromatic nitrogens is 1. The fourth-order valence-corrected chi connectivity index (χ4v) is 3.70. The van der Waals surface area contributed by atoms with Gasteiger partial charge in [-0.15, -0.1) is 0 Å². The number of nitrogens with zero attached hydrogens (tertiary/aromatic N) is 2. The lowest BCUT2D eigenvalue weighted by Crippen LogP contribution is -2.27. The number of hydrogen-bond donors (Lipinski definition) is 1. The number of ether oxygens (including phenoxy) is 1. The summed E-state index contributed by atoms with van der Waals surface area (Å²) in [5.41, 5.74) is 1.94. The van der Waals surface area contributed by atoms with Crippen molar-refractivity contribution in [1.82, 2.24) is 4.98 Å². The number of anilines is 1. The number of benzene rings is 2. The standard InChI is InChI=1S/C26H34N2O4/c1-2-3-4-5-6-7-10-18-28(26-27-23-12-8-9-13-24(23)32-26)19-11-20-31-22-16-14-21(15-17-22)25(29)30/h8-9,12-17H,2-7,10-11,18-20H2,1H3,(H,29,30). The molecule has 0 bridgehead atoms. The van der Waals surface area contributed by atoms with E-state index in [-0.39, 0.29) is 5.56 Å². The maximum absolute atomic E-state index is 11.0. The van der Waals surface area contributed by atoms with Gasteiger partial charge >= 0.3 is 5.97 Å². The third-order valence-electron chi connectivity index (χ3n) is 5.53. The molecule has 6 nitrogen and oxygen atoms in total. The second kappa shape index (κ2) is 12.7. The molecule has 32 heavy (non-hydrogen) atoms. The molecule has 6 heteroatoms. The van der Waals surface area contributed by atoms with Crippen molar-refractivity contribution in [3.05, 3.63) is 54.1 Å². The molecule has 0 aliphatic carbocycles. The number of rotatable bonds is 15. The van der Waals surface area contributed by atoms with E-state index in [2.05, 4.69) is 16.8 Å². The fraction of sp³-hybridized carbons (Fsp3) is 0.462. The highest BCUT2D eigenvalue weighted by Gasteiger charge is 2.14. The van der Waals surface area contributed by atoms with Crippen molar-refractivity contribution < 1.29 is 19.1 Å². The first kappa shape index (κ1) is 23.6. The van der Waals surface area contributed by atoms with Gasteiger partial charge in [-0.3, -0.25) is 0 Å². The van der Waals surface area contributed by atoms with E-state index in [0.717, 1.165) is 37.0 Å². The van der Waals surface area contributed by atoms with Gasteiger partial charge in [0, 0.05) is 13.1 Å². The molecule has 2 aromatic carbocycles. The average Bonchev–Trinajstić information content (AvgIpc) is 3.24. The average molecular weight is 439 g/mol. The van der Waals surface area contributed by atoms with Gasteiger partial charge in [0.2, 0.25) is 0 Å². The molecular formula is C26H34N2O4. The lowest BCUT2D eigenvalue weighted by atomic mass is 10.1. The molecule has 0 saturated heterocycles. The van der Waals surface area contributed by atoms with E-state index < -0.39 is 5.97 Å². The maximum Gasteiger partial charge on any atom is 0.335 e. The summed E-state index contributed by atoms with van der Waals surface area (Å²) < 4.78 is 11.8. The summed E-state index contributed by atoms with van der Waals surface area (Å²) in [4.78, 5) is 17.8. The van der Waals surface area contributed by atoms with Crippen LogP contribution in [-0.4, -0.2) is 35.8 Å². The molecular weight excluding hydrogens is 404 g/mol. The molecule has 1 heterocycles. The quantitative estimate of drug-likeness (QED) is 0.271. The van der Waals surface area contributed by atoms with Gasteiger partial charge in [0.1, 0.15) is 11.3 Å². The minimum atomic E-state index is -0.934. The molecule has 1 N–H and O–H groups in total. The Morgan fingerprint density at radius 3 is 2.34 bits per heavy atom. The van der Waals surface area contributed by atoms with Crippen molar-refractivity contribution in [2.45, 2.75) is 58.3 Å². The van der Waals surface area contributed by atoms with Crippen LogP contribution >= 0.6 is 0 Å². The number of para-hydroxylation sites is 2. The molecule has 172 valence electrons. The van der Waals surface area contributed by atoms with Gasteiger partial charge in [0.05, 0.1) is 12.2 Å². The summed E-state index contributed by atoms with van der Waals surface area (Å²) in [6.45, 7) is 4.48. The minimum absolute atomic E-state index is 0.258. The second-order valence-corrected chi connectivity index (χ2v) is 8.10. The van der Waals surface area contributed by atoms with Gasteiger partial charge in [0.15, 0.2) is 5.58 Å². The van der Waals surface area contributed by atoms with Crippen LogP contribution in [0.2, 0.25) is 0 Å². The van der Waals surface area contributed by atoms with Crippen molar-refractivity contribution in [1.29, 1.82) is 0 Å². The molecule has 0 radical (unpaired) electrons. The van der Waals surface area contributed by atoms with Gasteiger partial charge in [-0.05, 0) is 49.2 Å². The molecule has 0 aliphatic heterocycles. The van der Waals surface area contributed by atoms with Crippen LogP contribution in [0.4, 0.5) is 6.01 Å². The molecule has 0 aliphatic rings. The predicted octanol–water partition coefficient (Wildman–Crippen LogP) is 6.55. The van der Waals surface area contributed by atoms with E-state index in [1.54, 1.807) is 24.3 Å². The fourth-order valence-electron chi connectivity index (χ4n) is 3.70. The van der Waals surface area contributed by atoms with E-state index in [0.29, 0.717) is 18.4 Å². The predicted molar refractivity (Wildman–Crippen MR) is 128 cm³/mol. The summed E-state index contributed by atoms with van der Waals surface area (Å²) in [6.07, 6.45) is 9.66. The Labute approximate surface area is 190 Å². The van der Waals surface area contributed by atoms with Crippen molar-refractivity contribution in [2.24, 2.45) is 0 Å². The van der Waals surface area contributed by atoms with Crippen LogP contribution in [0.3, 0.4) is 0 Å². The Balaban J connectivity index is 1.50. The lowest BCUT2D eigenvalue weighted by molar-refractivity contribution is 0.0697. The Kier molecular flexibility index (Phi) is 9.41. The minimum Gasteiger partial charge on any atom is -0.494 e. The summed E-state index contributed by atoms with van der Waals surface area (Å²) in [5.74, 6) is -0.258. The summed E-state index contributed by atoms with van der Waals surface area (Å²) in [7, 11) is 0. The molecule has 3 aromatic rings. The molecule has 1 aromatic heterocycles. The zero-order valence-electron chi connectivity index (χ0n) is 19.0. The molecule has 0 amide bonds. The number of carboxylic acids is 1. The van der Waals surface area contributed by atoms with E-state index in [1.165, 1.54) is 38.5 Å². The third kappa shape index (κ3) is 7.29. The van der Waals surface area contributed by atoms with Crippen molar-refractivity contribution in [3.63, 3.8) is 0 Å². The van der Waals surface area contributed by atoms with Crippen LogP contribution in [0.25, 0.3) is 11.1 Å². The topological polar surface area (TPSA) is 75.8 Å². The second-order valence-electron chi connectivity index (χ2n) is 8.10. The monoisotopic (exact) mass is 438 g/mol. The molecule has 0 spiro atoms. The molecule has 0 unspecified atom stereocenters. The van der Waals surface area contributed by atoms with Gasteiger partial charge in [0.25, 0.3) is 6.01 Å². The van der Waals surface area contributed by atoms with Crippen molar-refractivity contribution >= 4 is 23.1 Å². The summed E-state index contributed by atoms with van der Waals surface area (Å²) in [6, 6.07) is 15.0. The van der Waals surface area contributed by atoms with Crippen LogP contribution in [0.5, 0.6) is 5.75 Å². The highest BCUT2D eigenvalue weighted by Crippen LogP contribution is 2.22. The van der Waals surface area contributed by atoms with Gasteiger partial charge in [-0.1, -0.05) is 57.6 Å². The van der Waals surface area contributed by atoms with Crippen molar-refractivity contribution in [3.8, 4) is 5.75 Å². The van der Waals surface area contributed by atoms with E-state index in [9.17, 15) is 4.79 Å². The first-order valence-corrected chi connectivity index (χ1v) is 11.7. The summed E-state index contributed by atoms with van der Waals surface area (Å²) in [5, 5.41) is 8.99. The number of carboxylic acid groups (broad SMARTS) is 1. The lowest BCUT2D eigenvalue weighted by Gasteiger charge is -2.20. The third-order valence-corrected chi connectivity index (χ3v) is 5.53. The van der Waals surface area contributed by atoms with E-state index in [1.807, 2.05) is 24.3 Å². The highest BCUT2D eigenvalue weighted by molar-refractivity contribution is 5.87. The molecule has 0 fully saturated rings. The number of oxazole rings is 1. The van der Waals surface area contributed by atoms with Crippen LogP contribution in [-0.2, 0) is 0 Å². The number of unbranched alkanes of at least 4 members (excludes halogenated alkanes) is 6. The Morgan fingerprint density at radius 2 is 1.62 bits per heavy atom. The van der Waals surface area contributed by atoms with E-state index >= 15 is 0 Å². The number of fused-ring (bicyclic) bond motifs is 1. The zero-order valence-corrected chi connectivity index (χ0v) is 19.0. The summed E-state index contributed by atoms with van der Waals surface area (Å²) >= 11 is 0. The zero-order chi connectivity index (χ0) is 22.6. The van der Waals surface area contributed by atoms with Crippen LogP contribution in [0, 0.1) is 0 Å². The normalized spacial score (nSPS) is 11.0. The number of carbonyl (C=O) groups is 1. The van der Waals surface area contributed by atoms with Crippen LogP contribution < -0.4 is 9.64 Å². The van der Waals surface area contributed by atoms with Gasteiger partial charge in [-0.2, -0.15) is 4.98 Å². The molecule has 3 rings (SSSR count). The molecule has 0 saturated carbocycles. The Morgan fingerprint density at radius 1 is 0.938 bits per heavy atom. The van der Waals surface area contributed by atoms with Crippen LogP contribution in [0.1, 0.15) is 68.6 Å². The largest absolute Gasteiger partial charge is 0.494 e.